The van der Waals surface area contributed by atoms with E-state index in [-0.39, 0.29) is 84.0 Å². The number of unbranched alkanes of at least 4 members (excludes halogenated alkanes) is 9. The average Bonchev–Trinajstić information content (AvgIpc) is 2.69. The minimum absolute atomic E-state index is 0. The third-order valence-electron chi connectivity index (χ3n) is 4.62. The molecule has 0 aliphatic rings. The van der Waals surface area contributed by atoms with E-state index < -0.39 is 11.9 Å². The number of nitrogens with zero attached hydrogens (tertiary/aromatic N) is 2. The molecule has 174 valence electrons. The Bertz CT molecular complexity index is 506. The Hall–Kier alpha value is -0.300. The maximum Gasteiger partial charge on any atom is 1.00 e. The quantitative estimate of drug-likeness (QED) is 0.0543. The van der Waals surface area contributed by atoms with Gasteiger partial charge in [0.1, 0.15) is 0 Å². The number of hydrogen-bond donors (Lipinski definition) is 2. The molecule has 0 rings (SSSR count). The van der Waals surface area contributed by atoms with E-state index in [1.165, 1.54) is 9.80 Å². The molecule has 0 saturated heterocycles. The molecule has 0 aliphatic heterocycles. The predicted molar refractivity (Wildman–Crippen MR) is 105 cm³/mol. The van der Waals surface area contributed by atoms with Gasteiger partial charge in [-0.25, -0.2) is 5.26 Å². The number of hydrogen-bond acceptors (Lipinski definition) is 9. The van der Waals surface area contributed by atoms with Gasteiger partial charge in [0.15, 0.2) is 5.88 Å². The first-order chi connectivity index (χ1) is 14.3. The van der Waals surface area contributed by atoms with Crippen LogP contribution >= 0.6 is 0 Å². The van der Waals surface area contributed by atoms with E-state index in [1.807, 2.05) is 0 Å². The van der Waals surface area contributed by atoms with Crippen LogP contribution in [0.5, 0.6) is 0 Å². The summed E-state index contributed by atoms with van der Waals surface area (Å²) in [7, 11) is 0. The average molecular weight is 476 g/mol. The van der Waals surface area contributed by atoms with Crippen LogP contribution in [0.25, 0.3) is 0 Å². The first-order valence-corrected chi connectivity index (χ1v) is 10.2. The number of carboxylic acids is 2. The van der Waals surface area contributed by atoms with Crippen LogP contribution in [0.3, 0.4) is 0 Å². The van der Waals surface area contributed by atoms with Gasteiger partial charge in [-0.15, -0.1) is 0 Å². The molecule has 32 heavy (non-hydrogen) atoms. The van der Waals surface area contributed by atoms with Gasteiger partial charge in [0, 0.05) is 13.1 Å². The van der Waals surface area contributed by atoms with Crippen molar-refractivity contribution in [3.63, 3.8) is 0 Å². The largest absolute Gasteiger partial charge is 1.00 e. The second kappa shape index (κ2) is 23.8. The first-order valence-electron chi connectivity index (χ1n) is 10.2. The topological polar surface area (TPSA) is 146 Å². The number of carboxylic acid groups (broad SMARTS) is 2. The molecule has 0 amide bonds. The molecule has 0 spiro atoms. The molecule has 0 aromatic carbocycles. The van der Waals surface area contributed by atoms with Crippen molar-refractivity contribution in [3.05, 3.63) is 24.9 Å². The molecule has 0 heterocycles. The molecular formula is C20H34N2Na2O8. The van der Waals surface area contributed by atoms with Gasteiger partial charge in [0.2, 0.25) is 5.88 Å². The van der Waals surface area contributed by atoms with Crippen LogP contribution in [0, 0.1) is 0 Å². The van der Waals surface area contributed by atoms with Crippen LogP contribution in [-0.2, 0) is 19.4 Å². The Kier molecular flexibility index (Phi) is 27.0. The fourth-order valence-corrected chi connectivity index (χ4v) is 3.09. The van der Waals surface area contributed by atoms with Crippen molar-refractivity contribution in [1.29, 1.82) is 0 Å². The van der Waals surface area contributed by atoms with Crippen molar-refractivity contribution < 1.29 is 99.2 Å². The Morgan fingerprint density at radius 2 is 1.22 bits per heavy atom. The van der Waals surface area contributed by atoms with Gasteiger partial charge >= 0.3 is 65.1 Å². The van der Waals surface area contributed by atoms with Crippen LogP contribution in [0.1, 0.15) is 64.2 Å². The fourth-order valence-electron chi connectivity index (χ4n) is 3.09. The summed E-state index contributed by atoms with van der Waals surface area (Å²) in [6, 6.07) is 0. The van der Waals surface area contributed by atoms with Crippen molar-refractivity contribution in [2.75, 3.05) is 26.2 Å². The third-order valence-corrected chi connectivity index (χ3v) is 4.62. The fraction of sp³-hybridized carbons (Fsp3) is 0.700. The maximum atomic E-state index is 10.7. The molecule has 0 aromatic rings. The van der Waals surface area contributed by atoms with Crippen LogP contribution < -0.4 is 69.5 Å². The van der Waals surface area contributed by atoms with Crippen molar-refractivity contribution in [2.24, 2.45) is 0 Å². The van der Waals surface area contributed by atoms with Crippen molar-refractivity contribution in [1.82, 2.24) is 9.80 Å². The van der Waals surface area contributed by atoms with E-state index in [0.717, 1.165) is 64.2 Å². The van der Waals surface area contributed by atoms with Gasteiger partial charge < -0.3 is 30.0 Å². The molecule has 0 fully saturated rings. The molecule has 12 heteroatoms. The van der Waals surface area contributed by atoms with Crippen LogP contribution in [0.2, 0.25) is 0 Å². The zero-order valence-corrected chi connectivity index (χ0v) is 23.6. The van der Waals surface area contributed by atoms with Gasteiger partial charge in [-0.1, -0.05) is 51.4 Å². The van der Waals surface area contributed by atoms with Crippen molar-refractivity contribution >= 4 is 11.9 Å². The summed E-state index contributed by atoms with van der Waals surface area (Å²) in [5, 5.41) is 38.5. The second-order valence-corrected chi connectivity index (χ2v) is 7.13. The smallest absolute Gasteiger partial charge is 0.663 e. The SMILES string of the molecule is C=C(O[O-])N(CCCCCCCCCCCCN(CC(=O)[O-])CC(=O)O)C(=C)OO.[Na+].[Na+]. The molecule has 0 unspecified atom stereocenters. The van der Waals surface area contributed by atoms with E-state index >= 15 is 0 Å². The minimum atomic E-state index is -1.26. The summed E-state index contributed by atoms with van der Waals surface area (Å²) in [6.45, 7) is 7.10. The Labute approximate surface area is 234 Å². The molecule has 0 aromatic heterocycles. The zero-order chi connectivity index (χ0) is 22.8. The van der Waals surface area contributed by atoms with Gasteiger partial charge in [-0.2, -0.15) is 0 Å². The van der Waals surface area contributed by atoms with Crippen molar-refractivity contribution in [3.8, 4) is 0 Å². The van der Waals surface area contributed by atoms with Crippen LogP contribution in [0.4, 0.5) is 0 Å². The number of carbonyl (C=O) groups is 2. The standard InChI is InChI=1S/C20H36N2O8.2Na/c1-17(29-27)22(18(2)30-28)14-12-10-8-6-4-3-5-7-9-11-13-21(15-19(23)24)16-20(25)26;;/h27-28H,1-16H2,(H,23,24)(H,25,26);;/q;2*+1/p-2. The Morgan fingerprint density at radius 1 is 0.781 bits per heavy atom. The van der Waals surface area contributed by atoms with E-state index in [9.17, 15) is 20.0 Å². The third kappa shape index (κ3) is 20.3. The Morgan fingerprint density at radius 3 is 1.59 bits per heavy atom. The van der Waals surface area contributed by atoms with Gasteiger partial charge in [0.25, 0.3) is 0 Å². The van der Waals surface area contributed by atoms with Gasteiger partial charge in [-0.3, -0.25) is 14.6 Å². The summed E-state index contributed by atoms with van der Waals surface area (Å²) < 4.78 is 0. The summed E-state index contributed by atoms with van der Waals surface area (Å²) in [6.07, 6.45) is 9.88. The molecular weight excluding hydrogens is 442 g/mol. The molecule has 0 aliphatic carbocycles. The van der Waals surface area contributed by atoms with E-state index in [0.29, 0.717) is 13.1 Å². The summed E-state index contributed by atoms with van der Waals surface area (Å²) in [5.74, 6) is -2.60. The molecule has 2 N–H and O–H groups in total. The number of rotatable bonds is 21. The molecule has 0 saturated carbocycles. The summed E-state index contributed by atoms with van der Waals surface area (Å²) in [4.78, 5) is 31.8. The monoisotopic (exact) mass is 476 g/mol. The number of carbonyl (C=O) groups excluding carboxylic acids is 1. The number of aliphatic carboxylic acids is 2. The molecule has 0 bridgehead atoms. The maximum absolute atomic E-state index is 10.7. The summed E-state index contributed by atoms with van der Waals surface area (Å²) >= 11 is 0. The minimum Gasteiger partial charge on any atom is -0.663 e. The van der Waals surface area contributed by atoms with Crippen molar-refractivity contribution in [2.45, 2.75) is 64.2 Å². The molecule has 0 atom stereocenters. The Balaban J connectivity index is -0.00000420. The van der Waals surface area contributed by atoms with E-state index in [1.54, 1.807) is 0 Å². The van der Waals surface area contributed by atoms with E-state index in [2.05, 4.69) is 22.9 Å². The zero-order valence-electron chi connectivity index (χ0n) is 19.6. The predicted octanol–water partition coefficient (Wildman–Crippen LogP) is -4.94. The van der Waals surface area contributed by atoms with E-state index in [4.69, 9.17) is 10.4 Å². The van der Waals surface area contributed by atoms with Gasteiger partial charge in [0.05, 0.1) is 12.5 Å². The summed E-state index contributed by atoms with van der Waals surface area (Å²) in [5.41, 5.74) is 0. The molecule has 0 radical (unpaired) electrons. The van der Waals surface area contributed by atoms with Gasteiger partial charge in [-0.05, 0) is 32.5 Å². The normalized spacial score (nSPS) is 9.97. The van der Waals surface area contributed by atoms with Crippen LogP contribution in [0.15, 0.2) is 24.9 Å². The van der Waals surface area contributed by atoms with Crippen LogP contribution in [-0.4, -0.2) is 58.3 Å². The second-order valence-electron chi connectivity index (χ2n) is 7.13. The molecule has 10 nitrogen and oxygen atoms in total. The first kappa shape index (κ1) is 36.3.